The molecule has 0 radical (unpaired) electrons. The molecule has 0 aliphatic heterocycles. The lowest BCUT2D eigenvalue weighted by atomic mass is 10.1. The van der Waals surface area contributed by atoms with Gasteiger partial charge in [-0.05, 0) is 43.4 Å². The molecule has 1 aromatic carbocycles. The molecule has 9 heteroatoms. The van der Waals surface area contributed by atoms with Crippen LogP contribution in [0.15, 0.2) is 18.3 Å². The van der Waals surface area contributed by atoms with Crippen LogP contribution in [0, 0.1) is 24.5 Å². The number of carbonyl (C=O) groups is 1. The molecule has 1 aliphatic carbocycles. The van der Waals surface area contributed by atoms with E-state index in [1.165, 1.54) is 6.20 Å². The molecular formula is C17H15Cl2F2N3O2. The molecule has 1 fully saturated rings. The van der Waals surface area contributed by atoms with Gasteiger partial charge in [-0.15, -0.1) is 0 Å². The topological polar surface area (TPSA) is 63.2 Å². The van der Waals surface area contributed by atoms with Crippen LogP contribution >= 0.6 is 23.2 Å². The number of carbonyl (C=O) groups excluding carboxylic acids is 1. The maximum atomic E-state index is 14.3. The highest BCUT2D eigenvalue weighted by Gasteiger charge is 2.24. The quantitative estimate of drug-likeness (QED) is 0.682. The minimum absolute atomic E-state index is 0.0472. The highest BCUT2D eigenvalue weighted by Crippen LogP contribution is 2.33. The third-order valence-corrected chi connectivity index (χ3v) is 4.81. The first-order valence-corrected chi connectivity index (χ1v) is 8.61. The van der Waals surface area contributed by atoms with E-state index in [-0.39, 0.29) is 16.4 Å². The van der Waals surface area contributed by atoms with Gasteiger partial charge in [-0.25, -0.2) is 19.2 Å². The van der Waals surface area contributed by atoms with E-state index < -0.39 is 23.2 Å². The first-order chi connectivity index (χ1) is 12.4. The molecular weight excluding hydrogens is 387 g/mol. The number of nitrogens with zero attached hydrogens (tertiary/aromatic N) is 1. The summed E-state index contributed by atoms with van der Waals surface area (Å²) in [6, 6.07) is 2.01. The van der Waals surface area contributed by atoms with Crippen molar-refractivity contribution in [3.63, 3.8) is 0 Å². The smallest absolute Gasteiger partial charge is 0.277 e. The number of aromatic nitrogens is 1. The number of anilines is 2. The van der Waals surface area contributed by atoms with Crippen molar-refractivity contribution >= 4 is 40.6 Å². The number of hydrogen-bond acceptors (Lipinski definition) is 4. The fourth-order valence-corrected chi connectivity index (χ4v) is 2.58. The number of hydroxylamine groups is 1. The molecule has 1 aliphatic rings. The fraction of sp³-hybridized carbons (Fsp3) is 0.294. The van der Waals surface area contributed by atoms with Gasteiger partial charge >= 0.3 is 0 Å². The predicted octanol–water partition coefficient (Wildman–Crippen LogP) is 4.79. The van der Waals surface area contributed by atoms with Gasteiger partial charge < -0.3 is 5.32 Å². The van der Waals surface area contributed by atoms with Gasteiger partial charge in [-0.2, -0.15) is 0 Å². The SMILES string of the molecule is Cc1c(Cl)cnc(Nc2c(C(=O)NOCC3CC3)ccc(F)c2F)c1Cl. The van der Waals surface area contributed by atoms with E-state index in [0.29, 0.717) is 23.1 Å². The summed E-state index contributed by atoms with van der Waals surface area (Å²) in [5, 5.41) is 3.04. The molecule has 2 aromatic rings. The fourth-order valence-electron chi connectivity index (χ4n) is 2.19. The number of pyridine rings is 1. The van der Waals surface area contributed by atoms with Gasteiger partial charge in [0.15, 0.2) is 11.6 Å². The summed E-state index contributed by atoms with van der Waals surface area (Å²) in [7, 11) is 0. The molecule has 0 saturated heterocycles. The Morgan fingerprint density at radius 3 is 2.77 bits per heavy atom. The monoisotopic (exact) mass is 401 g/mol. The van der Waals surface area contributed by atoms with Crippen molar-refractivity contribution < 1.29 is 18.4 Å². The molecule has 0 unspecified atom stereocenters. The van der Waals surface area contributed by atoms with Crippen molar-refractivity contribution in [3.05, 3.63) is 51.1 Å². The third kappa shape index (κ3) is 4.06. The molecule has 2 N–H and O–H groups in total. The van der Waals surface area contributed by atoms with Crippen LogP contribution in [-0.4, -0.2) is 17.5 Å². The highest BCUT2D eigenvalue weighted by molar-refractivity contribution is 6.37. The average Bonchev–Trinajstić information content (AvgIpc) is 3.43. The van der Waals surface area contributed by atoms with Crippen molar-refractivity contribution in [3.8, 4) is 0 Å². The van der Waals surface area contributed by atoms with Gasteiger partial charge in [0.05, 0.1) is 27.9 Å². The number of nitrogens with one attached hydrogen (secondary N) is 2. The Morgan fingerprint density at radius 2 is 2.08 bits per heavy atom. The van der Waals surface area contributed by atoms with Gasteiger partial charge in [-0.3, -0.25) is 9.63 Å². The molecule has 0 bridgehead atoms. The number of halogens is 4. The lowest BCUT2D eigenvalue weighted by Crippen LogP contribution is -2.26. The second-order valence-electron chi connectivity index (χ2n) is 5.99. The van der Waals surface area contributed by atoms with Crippen molar-refractivity contribution in [1.82, 2.24) is 10.5 Å². The minimum Gasteiger partial charge on any atom is -0.336 e. The Bertz CT molecular complexity index is 860. The van der Waals surface area contributed by atoms with Gasteiger partial charge in [0.1, 0.15) is 5.82 Å². The van der Waals surface area contributed by atoms with E-state index in [1.54, 1.807) is 6.92 Å². The summed E-state index contributed by atoms with van der Waals surface area (Å²) < 4.78 is 28.0. The zero-order chi connectivity index (χ0) is 18.8. The molecule has 0 spiro atoms. The number of benzene rings is 1. The molecule has 1 heterocycles. The predicted molar refractivity (Wildman–Crippen MR) is 94.8 cm³/mol. The van der Waals surface area contributed by atoms with Crippen LogP contribution in [-0.2, 0) is 4.84 Å². The molecule has 1 amide bonds. The minimum atomic E-state index is -1.23. The largest absolute Gasteiger partial charge is 0.336 e. The zero-order valence-corrected chi connectivity index (χ0v) is 15.2. The van der Waals surface area contributed by atoms with Crippen molar-refractivity contribution in [1.29, 1.82) is 0 Å². The van der Waals surface area contributed by atoms with Crippen LogP contribution in [0.2, 0.25) is 10.0 Å². The molecule has 1 saturated carbocycles. The second kappa shape index (κ2) is 7.73. The van der Waals surface area contributed by atoms with Crippen LogP contribution in [0.3, 0.4) is 0 Å². The summed E-state index contributed by atoms with van der Waals surface area (Å²) in [6.45, 7) is 2.03. The van der Waals surface area contributed by atoms with Crippen LogP contribution in [0.1, 0.15) is 28.8 Å². The first kappa shape index (κ1) is 18.8. The highest BCUT2D eigenvalue weighted by atomic mass is 35.5. The summed E-state index contributed by atoms with van der Waals surface area (Å²) >= 11 is 12.1. The normalized spacial score (nSPS) is 13.6. The molecule has 3 rings (SSSR count). The molecule has 138 valence electrons. The molecule has 5 nitrogen and oxygen atoms in total. The van der Waals surface area contributed by atoms with Crippen LogP contribution in [0.4, 0.5) is 20.3 Å². The molecule has 1 aromatic heterocycles. The van der Waals surface area contributed by atoms with Crippen molar-refractivity contribution in [2.75, 3.05) is 11.9 Å². The number of rotatable bonds is 6. The van der Waals surface area contributed by atoms with Crippen molar-refractivity contribution in [2.45, 2.75) is 19.8 Å². The van der Waals surface area contributed by atoms with E-state index >= 15 is 0 Å². The van der Waals surface area contributed by atoms with Crippen LogP contribution in [0.5, 0.6) is 0 Å². The van der Waals surface area contributed by atoms with Crippen molar-refractivity contribution in [2.24, 2.45) is 5.92 Å². The third-order valence-electron chi connectivity index (χ3n) is 3.97. The van der Waals surface area contributed by atoms with Gasteiger partial charge in [-0.1, -0.05) is 23.2 Å². The Balaban J connectivity index is 1.88. The molecule has 0 atom stereocenters. The lowest BCUT2D eigenvalue weighted by molar-refractivity contribution is 0.0270. The van der Waals surface area contributed by atoms with Crippen LogP contribution < -0.4 is 10.8 Å². The molecule has 26 heavy (non-hydrogen) atoms. The standard InChI is InChI=1S/C17H15Cl2F2N3O2/c1-8-11(18)6-22-16(13(8)19)23-15-10(4-5-12(20)14(15)21)17(25)24-26-7-9-2-3-9/h4-6,9H,2-3,7H2,1H3,(H,22,23)(H,24,25). The Hall–Kier alpha value is -1.96. The zero-order valence-electron chi connectivity index (χ0n) is 13.7. The Labute approximate surface area is 158 Å². The van der Waals surface area contributed by atoms with Crippen LogP contribution in [0.25, 0.3) is 0 Å². The average molecular weight is 402 g/mol. The Morgan fingerprint density at radius 1 is 1.35 bits per heavy atom. The summed E-state index contributed by atoms with van der Waals surface area (Å²) in [4.78, 5) is 21.4. The van der Waals surface area contributed by atoms with E-state index in [9.17, 15) is 13.6 Å². The maximum Gasteiger partial charge on any atom is 0.277 e. The van der Waals surface area contributed by atoms with Gasteiger partial charge in [0.2, 0.25) is 0 Å². The van der Waals surface area contributed by atoms with Gasteiger partial charge in [0.25, 0.3) is 5.91 Å². The number of amides is 1. The lowest BCUT2D eigenvalue weighted by Gasteiger charge is -2.15. The summed E-state index contributed by atoms with van der Waals surface area (Å²) in [6.07, 6.45) is 3.42. The van der Waals surface area contributed by atoms with E-state index in [4.69, 9.17) is 28.0 Å². The summed E-state index contributed by atoms with van der Waals surface area (Å²) in [5.41, 5.74) is 2.21. The van der Waals surface area contributed by atoms with Gasteiger partial charge in [0, 0.05) is 6.20 Å². The second-order valence-corrected chi connectivity index (χ2v) is 6.77. The van der Waals surface area contributed by atoms with E-state index in [2.05, 4.69) is 15.8 Å². The Kier molecular flexibility index (Phi) is 5.60. The number of hydrogen-bond donors (Lipinski definition) is 2. The van der Waals surface area contributed by atoms with E-state index in [1.807, 2.05) is 0 Å². The first-order valence-electron chi connectivity index (χ1n) is 7.86. The summed E-state index contributed by atoms with van der Waals surface area (Å²) in [5.74, 6) is -2.59. The van der Waals surface area contributed by atoms with E-state index in [0.717, 1.165) is 25.0 Å². The maximum absolute atomic E-state index is 14.3.